The number of ether oxygens (including phenoxy) is 1. The first-order valence-electron chi connectivity index (χ1n) is 7.69. The van der Waals surface area contributed by atoms with Crippen molar-refractivity contribution in [2.24, 2.45) is 0 Å². The van der Waals surface area contributed by atoms with Gasteiger partial charge in [-0.2, -0.15) is 0 Å². The molecule has 5 heteroatoms. The second kappa shape index (κ2) is 8.21. The van der Waals surface area contributed by atoms with Crippen LogP contribution >= 0.6 is 33.2 Å². The minimum atomic E-state index is -2.47. The summed E-state index contributed by atoms with van der Waals surface area (Å²) in [4.78, 5) is 0. The normalized spacial score (nSPS) is 23.2. The number of rotatable bonds is 6. The average molecular weight is 366 g/mol. The van der Waals surface area contributed by atoms with Crippen LogP contribution in [0.1, 0.15) is 49.1 Å². The number of aryl methyl sites for hydroxylation is 1. The summed E-state index contributed by atoms with van der Waals surface area (Å²) in [6.45, 7) is 2.86. The smallest absolute Gasteiger partial charge is 0.341 e. The van der Waals surface area contributed by atoms with Crippen LogP contribution in [-0.4, -0.2) is 18.7 Å². The van der Waals surface area contributed by atoms with Crippen molar-refractivity contribution >= 4 is 39.2 Å². The molecule has 0 saturated heterocycles. The molecule has 0 aromatic heterocycles. The second-order valence-corrected chi connectivity index (χ2v) is 15.3. The maximum Gasteiger partial charge on any atom is 0.341 e. The highest BCUT2D eigenvalue weighted by Crippen LogP contribution is 2.34. The van der Waals surface area contributed by atoms with Gasteiger partial charge in [-0.15, -0.1) is 33.2 Å². The van der Waals surface area contributed by atoms with Gasteiger partial charge in [0.05, 0.1) is 6.10 Å². The molecule has 0 unspecified atom stereocenters. The van der Waals surface area contributed by atoms with Crippen LogP contribution in [-0.2, 0) is 4.74 Å². The average Bonchev–Trinajstić information content (AvgIpc) is 2.44. The summed E-state index contributed by atoms with van der Waals surface area (Å²) in [5.74, 6) is 0.694. The molecule has 0 bridgehead atoms. The Hall–Kier alpha value is 0.267. The minimum Gasteiger partial charge on any atom is -0.378 e. The molecule has 21 heavy (non-hydrogen) atoms. The number of hydrogen-bond acceptors (Lipinski definition) is 1. The molecule has 1 fully saturated rings. The van der Waals surface area contributed by atoms with Crippen LogP contribution in [0.15, 0.2) is 24.3 Å². The van der Waals surface area contributed by atoms with Gasteiger partial charge in [-0.05, 0) is 56.6 Å². The van der Waals surface area contributed by atoms with Gasteiger partial charge >= 0.3 is 6.00 Å². The van der Waals surface area contributed by atoms with Crippen LogP contribution in [0.3, 0.4) is 0 Å². The summed E-state index contributed by atoms with van der Waals surface area (Å²) in [6, 6.07) is 7.18. The van der Waals surface area contributed by atoms with Crippen molar-refractivity contribution in [3.8, 4) is 0 Å². The monoisotopic (exact) mass is 364 g/mol. The maximum absolute atomic E-state index is 5.93. The predicted molar refractivity (Wildman–Crippen MR) is 94.9 cm³/mol. The summed E-state index contributed by atoms with van der Waals surface area (Å²) >= 11 is 17.6. The molecule has 2 rings (SSSR count). The SMILES string of the molecule is Cc1ccc([C@H]2CC[C@H](OCCC[Si](Cl)(Cl)Cl)CC2)cc1. The molecule has 1 nitrogen and oxygen atoms in total. The van der Waals surface area contributed by atoms with Crippen molar-refractivity contribution in [3.63, 3.8) is 0 Å². The molecule has 1 aliphatic carbocycles. The van der Waals surface area contributed by atoms with Crippen molar-refractivity contribution in [2.45, 2.75) is 57.1 Å². The van der Waals surface area contributed by atoms with Crippen LogP contribution in [0.25, 0.3) is 0 Å². The number of benzene rings is 1. The molecule has 1 aromatic carbocycles. The molecular weight excluding hydrogens is 343 g/mol. The lowest BCUT2D eigenvalue weighted by molar-refractivity contribution is 0.0251. The quantitative estimate of drug-likeness (QED) is 0.337. The number of hydrogen-bond donors (Lipinski definition) is 0. The van der Waals surface area contributed by atoms with Gasteiger partial charge in [-0.3, -0.25) is 0 Å². The Balaban J connectivity index is 1.67. The van der Waals surface area contributed by atoms with E-state index in [2.05, 4.69) is 31.2 Å². The van der Waals surface area contributed by atoms with Crippen molar-refractivity contribution in [1.82, 2.24) is 0 Å². The second-order valence-electron chi connectivity index (χ2n) is 5.97. The van der Waals surface area contributed by atoms with Crippen molar-refractivity contribution < 1.29 is 4.74 Å². The summed E-state index contributed by atoms with van der Waals surface area (Å²) in [5.41, 5.74) is 2.80. The lowest BCUT2D eigenvalue weighted by atomic mass is 9.82. The van der Waals surface area contributed by atoms with E-state index in [9.17, 15) is 0 Å². The van der Waals surface area contributed by atoms with Crippen LogP contribution in [0, 0.1) is 6.92 Å². The van der Waals surface area contributed by atoms with E-state index in [-0.39, 0.29) is 0 Å². The molecule has 1 aromatic rings. The molecule has 0 radical (unpaired) electrons. The Kier molecular flexibility index (Phi) is 6.89. The standard InChI is InChI=1S/C16H23Cl3OSi/c1-13-3-5-14(6-4-13)15-7-9-16(10-8-15)20-11-2-12-21(17,18)19/h3-6,15-16H,2,7-12H2,1H3/t15-,16-. The molecule has 0 heterocycles. The molecule has 118 valence electrons. The summed E-state index contributed by atoms with van der Waals surface area (Å²) in [7, 11) is 0. The van der Waals surface area contributed by atoms with E-state index in [1.807, 2.05) is 0 Å². The lowest BCUT2D eigenvalue weighted by Crippen LogP contribution is -2.22. The molecule has 1 saturated carbocycles. The fourth-order valence-electron chi connectivity index (χ4n) is 2.92. The van der Waals surface area contributed by atoms with Gasteiger partial charge in [0.25, 0.3) is 0 Å². The topological polar surface area (TPSA) is 9.23 Å². The van der Waals surface area contributed by atoms with Crippen LogP contribution < -0.4 is 0 Å². The van der Waals surface area contributed by atoms with E-state index in [4.69, 9.17) is 38.0 Å². The molecule has 0 amide bonds. The van der Waals surface area contributed by atoms with E-state index >= 15 is 0 Å². The van der Waals surface area contributed by atoms with Gasteiger partial charge in [0.1, 0.15) is 0 Å². The molecule has 0 aliphatic heterocycles. The van der Waals surface area contributed by atoms with Crippen LogP contribution in [0.5, 0.6) is 0 Å². The molecular formula is C16H23Cl3OSi. The summed E-state index contributed by atoms with van der Waals surface area (Å²) in [6.07, 6.45) is 5.97. The predicted octanol–water partition coefficient (Wildman–Crippen LogP) is 6.08. The largest absolute Gasteiger partial charge is 0.378 e. The van der Waals surface area contributed by atoms with E-state index in [0.29, 0.717) is 18.1 Å². The Morgan fingerprint density at radius 1 is 1.05 bits per heavy atom. The first-order chi connectivity index (χ1) is 9.94. The van der Waals surface area contributed by atoms with Crippen LogP contribution in [0.2, 0.25) is 6.04 Å². The lowest BCUT2D eigenvalue weighted by Gasteiger charge is -2.29. The molecule has 1 aliphatic rings. The zero-order valence-electron chi connectivity index (χ0n) is 12.5. The van der Waals surface area contributed by atoms with Crippen molar-refractivity contribution in [3.05, 3.63) is 35.4 Å². The fourth-order valence-corrected chi connectivity index (χ4v) is 4.67. The van der Waals surface area contributed by atoms with E-state index in [1.54, 1.807) is 0 Å². The fraction of sp³-hybridized carbons (Fsp3) is 0.625. The van der Waals surface area contributed by atoms with Gasteiger partial charge in [-0.25, -0.2) is 0 Å². The highest BCUT2D eigenvalue weighted by Gasteiger charge is 2.25. The zero-order chi connectivity index (χ0) is 15.3. The molecule has 0 spiro atoms. The Morgan fingerprint density at radius 2 is 1.67 bits per heavy atom. The Morgan fingerprint density at radius 3 is 2.24 bits per heavy atom. The van der Waals surface area contributed by atoms with Gasteiger partial charge in [0.15, 0.2) is 0 Å². The third-order valence-corrected chi connectivity index (χ3v) is 6.80. The highest BCUT2D eigenvalue weighted by atomic mass is 35.8. The first-order valence-corrected chi connectivity index (χ1v) is 12.9. The van der Waals surface area contributed by atoms with Gasteiger partial charge < -0.3 is 4.74 Å². The third kappa shape index (κ3) is 6.50. The first kappa shape index (κ1) is 17.6. The zero-order valence-corrected chi connectivity index (χ0v) is 15.7. The molecule has 0 atom stereocenters. The van der Waals surface area contributed by atoms with E-state index < -0.39 is 6.00 Å². The third-order valence-electron chi connectivity index (χ3n) is 4.18. The van der Waals surface area contributed by atoms with Crippen molar-refractivity contribution in [2.75, 3.05) is 6.61 Å². The Labute approximate surface area is 143 Å². The Bertz CT molecular complexity index is 422. The van der Waals surface area contributed by atoms with Gasteiger partial charge in [0, 0.05) is 6.61 Å². The van der Waals surface area contributed by atoms with Gasteiger partial charge in [0.2, 0.25) is 0 Å². The van der Waals surface area contributed by atoms with Crippen molar-refractivity contribution in [1.29, 1.82) is 0 Å². The summed E-state index contributed by atoms with van der Waals surface area (Å²) < 4.78 is 5.93. The highest BCUT2D eigenvalue weighted by molar-refractivity contribution is 7.64. The summed E-state index contributed by atoms with van der Waals surface area (Å²) in [5, 5.41) is 0. The van der Waals surface area contributed by atoms with E-state index in [1.165, 1.54) is 24.0 Å². The minimum absolute atomic E-state index is 0.392. The number of halogens is 3. The maximum atomic E-state index is 5.93. The molecule has 0 N–H and O–H groups in total. The van der Waals surface area contributed by atoms with E-state index in [0.717, 1.165) is 25.9 Å². The van der Waals surface area contributed by atoms with Gasteiger partial charge in [-0.1, -0.05) is 29.8 Å². The van der Waals surface area contributed by atoms with Crippen LogP contribution in [0.4, 0.5) is 0 Å².